The summed E-state index contributed by atoms with van der Waals surface area (Å²) in [6.07, 6.45) is 5.60. The summed E-state index contributed by atoms with van der Waals surface area (Å²) >= 11 is 0. The molecule has 1 unspecified atom stereocenters. The van der Waals surface area contributed by atoms with Crippen LogP contribution in [0.15, 0.2) is 6.20 Å². The summed E-state index contributed by atoms with van der Waals surface area (Å²) in [5.41, 5.74) is 0.557. The van der Waals surface area contributed by atoms with Crippen LogP contribution in [0.3, 0.4) is 0 Å². The summed E-state index contributed by atoms with van der Waals surface area (Å²) in [4.78, 5) is 22.0. The maximum Gasteiger partial charge on any atom is 0.356 e. The summed E-state index contributed by atoms with van der Waals surface area (Å²) in [5.74, 6) is -0.434. The summed E-state index contributed by atoms with van der Waals surface area (Å²) in [7, 11) is 0. The molecule has 0 radical (unpaired) electrons. The molecule has 0 aromatic carbocycles. The number of carboxylic acid groups (broad SMARTS) is 1. The van der Waals surface area contributed by atoms with E-state index in [1.54, 1.807) is 6.20 Å². The summed E-state index contributed by atoms with van der Waals surface area (Å²) in [5, 5.41) is 19.0. The van der Waals surface area contributed by atoms with Crippen LogP contribution < -0.4 is 4.90 Å². The first kappa shape index (κ1) is 15.7. The molecule has 1 aromatic rings. The molecule has 1 fully saturated rings. The minimum Gasteiger partial charge on any atom is -0.476 e. The van der Waals surface area contributed by atoms with Gasteiger partial charge in [0.05, 0.1) is 24.5 Å². The molecule has 1 saturated heterocycles. The molecule has 116 valence electrons. The van der Waals surface area contributed by atoms with E-state index < -0.39 is 5.97 Å². The van der Waals surface area contributed by atoms with Crippen LogP contribution in [0.5, 0.6) is 0 Å². The SMILES string of the molecule is CC(C)c1ncc(N2CCCCCC2CO)c(C(=O)O)n1. The number of rotatable bonds is 4. The lowest BCUT2D eigenvalue weighted by atomic mass is 10.1. The van der Waals surface area contributed by atoms with Gasteiger partial charge in [0.2, 0.25) is 0 Å². The fourth-order valence-electron chi connectivity index (χ4n) is 2.72. The third-order valence-electron chi connectivity index (χ3n) is 3.90. The molecule has 21 heavy (non-hydrogen) atoms. The second kappa shape index (κ2) is 6.85. The molecule has 6 heteroatoms. The van der Waals surface area contributed by atoms with Gasteiger partial charge in [-0.3, -0.25) is 0 Å². The van der Waals surface area contributed by atoms with E-state index >= 15 is 0 Å². The molecule has 6 nitrogen and oxygen atoms in total. The number of aromatic carboxylic acids is 1. The summed E-state index contributed by atoms with van der Waals surface area (Å²) in [6, 6.07) is -0.0564. The third kappa shape index (κ3) is 3.50. The molecule has 0 spiro atoms. The highest BCUT2D eigenvalue weighted by Gasteiger charge is 2.26. The van der Waals surface area contributed by atoms with Gasteiger partial charge in [-0.15, -0.1) is 0 Å². The van der Waals surface area contributed by atoms with Gasteiger partial charge < -0.3 is 15.1 Å². The molecule has 2 N–H and O–H groups in total. The standard InChI is InChI=1S/C15H23N3O3/c1-10(2)14-16-8-12(13(17-14)15(20)21)18-7-5-3-4-6-11(18)9-19/h8,10-11,19H,3-7,9H2,1-2H3,(H,20,21). The number of anilines is 1. The molecule has 0 saturated carbocycles. The van der Waals surface area contributed by atoms with E-state index in [-0.39, 0.29) is 24.3 Å². The Labute approximate surface area is 124 Å². The normalized spacial score (nSPS) is 19.6. The van der Waals surface area contributed by atoms with Crippen LogP contribution in [-0.2, 0) is 0 Å². The highest BCUT2D eigenvalue weighted by atomic mass is 16.4. The number of hydrogen-bond donors (Lipinski definition) is 2. The van der Waals surface area contributed by atoms with Gasteiger partial charge in [0.15, 0.2) is 5.69 Å². The Bertz CT molecular complexity index is 505. The van der Waals surface area contributed by atoms with Gasteiger partial charge >= 0.3 is 5.97 Å². The minimum absolute atomic E-state index is 0.0188. The van der Waals surface area contributed by atoms with Crippen molar-refractivity contribution in [1.82, 2.24) is 9.97 Å². The van der Waals surface area contributed by atoms with Crippen LogP contribution in [0.25, 0.3) is 0 Å². The second-order valence-electron chi connectivity index (χ2n) is 5.80. The van der Waals surface area contributed by atoms with Crippen LogP contribution in [0.1, 0.15) is 61.8 Å². The molecular formula is C15H23N3O3. The first-order valence-corrected chi connectivity index (χ1v) is 7.52. The first-order chi connectivity index (χ1) is 10.0. The van der Waals surface area contributed by atoms with E-state index in [2.05, 4.69) is 9.97 Å². The molecule has 2 rings (SSSR count). The summed E-state index contributed by atoms with van der Waals surface area (Å²) < 4.78 is 0. The zero-order chi connectivity index (χ0) is 15.4. The monoisotopic (exact) mass is 293 g/mol. The van der Waals surface area contributed by atoms with Crippen molar-refractivity contribution < 1.29 is 15.0 Å². The van der Waals surface area contributed by atoms with Crippen molar-refractivity contribution in [2.45, 2.75) is 51.5 Å². The highest BCUT2D eigenvalue weighted by Crippen LogP contribution is 2.27. The highest BCUT2D eigenvalue weighted by molar-refractivity contribution is 5.92. The van der Waals surface area contributed by atoms with Crippen molar-refractivity contribution in [2.24, 2.45) is 0 Å². The van der Waals surface area contributed by atoms with Gasteiger partial charge in [0.1, 0.15) is 5.82 Å². The van der Waals surface area contributed by atoms with E-state index in [0.717, 1.165) is 32.2 Å². The predicted molar refractivity (Wildman–Crippen MR) is 79.8 cm³/mol. The van der Waals surface area contributed by atoms with Crippen molar-refractivity contribution in [3.8, 4) is 0 Å². The van der Waals surface area contributed by atoms with Crippen LogP contribution >= 0.6 is 0 Å². The lowest BCUT2D eigenvalue weighted by Crippen LogP contribution is -2.39. The number of carbonyl (C=O) groups is 1. The van der Waals surface area contributed by atoms with E-state index in [1.807, 2.05) is 18.7 Å². The largest absolute Gasteiger partial charge is 0.476 e. The van der Waals surface area contributed by atoms with Crippen LogP contribution in [-0.4, -0.2) is 45.3 Å². The van der Waals surface area contributed by atoms with Gasteiger partial charge in [-0.05, 0) is 12.8 Å². The molecule has 1 aliphatic rings. The lowest BCUT2D eigenvalue weighted by Gasteiger charge is -2.31. The molecule has 0 amide bonds. The topological polar surface area (TPSA) is 86.5 Å². The zero-order valence-corrected chi connectivity index (χ0v) is 12.6. The maximum absolute atomic E-state index is 11.5. The second-order valence-corrected chi connectivity index (χ2v) is 5.80. The van der Waals surface area contributed by atoms with Crippen molar-refractivity contribution in [3.63, 3.8) is 0 Å². The van der Waals surface area contributed by atoms with E-state index in [9.17, 15) is 15.0 Å². The molecular weight excluding hydrogens is 270 g/mol. The fourth-order valence-corrected chi connectivity index (χ4v) is 2.72. The number of aliphatic hydroxyl groups excluding tert-OH is 1. The molecule has 1 aromatic heterocycles. The average Bonchev–Trinajstić information content (AvgIpc) is 2.71. The molecule has 0 bridgehead atoms. The number of carboxylic acids is 1. The molecule has 1 atom stereocenters. The number of nitrogens with zero attached hydrogens (tertiary/aromatic N) is 3. The number of hydrogen-bond acceptors (Lipinski definition) is 5. The Balaban J connectivity index is 2.42. The van der Waals surface area contributed by atoms with Crippen LogP contribution in [0.4, 0.5) is 5.69 Å². The van der Waals surface area contributed by atoms with Gasteiger partial charge in [0.25, 0.3) is 0 Å². The molecule has 0 aliphatic carbocycles. The zero-order valence-electron chi connectivity index (χ0n) is 12.6. The average molecular weight is 293 g/mol. The van der Waals surface area contributed by atoms with Crippen molar-refractivity contribution >= 4 is 11.7 Å². The van der Waals surface area contributed by atoms with Crippen LogP contribution in [0, 0.1) is 0 Å². The maximum atomic E-state index is 11.5. The van der Waals surface area contributed by atoms with Crippen molar-refractivity contribution in [3.05, 3.63) is 17.7 Å². The molecule has 1 aliphatic heterocycles. The van der Waals surface area contributed by atoms with E-state index in [4.69, 9.17) is 0 Å². The Hall–Kier alpha value is -1.69. The van der Waals surface area contributed by atoms with Crippen molar-refractivity contribution in [2.75, 3.05) is 18.1 Å². The van der Waals surface area contributed by atoms with Gasteiger partial charge in [0, 0.05) is 12.5 Å². The summed E-state index contributed by atoms with van der Waals surface area (Å²) in [6.45, 7) is 4.62. The van der Waals surface area contributed by atoms with Crippen molar-refractivity contribution in [1.29, 1.82) is 0 Å². The van der Waals surface area contributed by atoms with Gasteiger partial charge in [-0.25, -0.2) is 14.8 Å². The Morgan fingerprint density at radius 1 is 1.43 bits per heavy atom. The van der Waals surface area contributed by atoms with E-state index in [0.29, 0.717) is 11.5 Å². The van der Waals surface area contributed by atoms with Gasteiger partial charge in [-0.1, -0.05) is 26.7 Å². The lowest BCUT2D eigenvalue weighted by molar-refractivity contribution is 0.0690. The fraction of sp³-hybridized carbons (Fsp3) is 0.667. The molecule has 2 heterocycles. The Morgan fingerprint density at radius 2 is 2.19 bits per heavy atom. The minimum atomic E-state index is -1.05. The third-order valence-corrected chi connectivity index (χ3v) is 3.90. The smallest absolute Gasteiger partial charge is 0.356 e. The van der Waals surface area contributed by atoms with Gasteiger partial charge in [-0.2, -0.15) is 0 Å². The number of aliphatic hydroxyl groups is 1. The Kier molecular flexibility index (Phi) is 5.12. The quantitative estimate of drug-likeness (QED) is 0.883. The predicted octanol–water partition coefficient (Wildman–Crippen LogP) is 2.04. The van der Waals surface area contributed by atoms with Crippen LogP contribution in [0.2, 0.25) is 0 Å². The number of aromatic nitrogens is 2. The first-order valence-electron chi connectivity index (χ1n) is 7.52. The van der Waals surface area contributed by atoms with E-state index in [1.165, 1.54) is 0 Å². The Morgan fingerprint density at radius 3 is 2.81 bits per heavy atom.